The molecule has 7 nitrogen and oxygen atoms in total. The smallest absolute Gasteiger partial charge is 0.331 e. The topological polar surface area (TPSA) is 90.3 Å². The minimum absolute atomic E-state index is 0.245. The monoisotopic (exact) mass is 368 g/mol. The third-order valence-electron chi connectivity index (χ3n) is 3.27. The molecule has 0 aliphatic rings. The predicted octanol–water partition coefficient (Wildman–Crippen LogP) is -0.0274. The standard InChI is InChI=1S/C14H17BrN4O3/c1-17(2)5-6-18-13(21)10-4-3-9(15)7-11(10)19(14(18)22)8-12(16)20/h3-4,7H,5-6,8H2,1-2H3,(H2,16,20). The van der Waals surface area contributed by atoms with Crippen molar-refractivity contribution in [3.8, 4) is 0 Å². The number of aromatic nitrogens is 2. The largest absolute Gasteiger partial charge is 0.368 e. The van der Waals surface area contributed by atoms with Crippen molar-refractivity contribution in [1.29, 1.82) is 0 Å². The Labute approximate surface area is 135 Å². The van der Waals surface area contributed by atoms with Gasteiger partial charge in [0.2, 0.25) is 5.91 Å². The maximum Gasteiger partial charge on any atom is 0.331 e. The van der Waals surface area contributed by atoms with Crippen molar-refractivity contribution in [2.24, 2.45) is 5.73 Å². The predicted molar refractivity (Wildman–Crippen MR) is 87.9 cm³/mol. The molecule has 0 unspecified atom stereocenters. The fourth-order valence-electron chi connectivity index (χ4n) is 2.20. The Bertz CT molecular complexity index is 838. The van der Waals surface area contributed by atoms with E-state index >= 15 is 0 Å². The number of likely N-dealkylation sites (N-methyl/N-ethyl adjacent to an activating group) is 1. The number of rotatable bonds is 5. The summed E-state index contributed by atoms with van der Waals surface area (Å²) in [6.07, 6.45) is 0. The third kappa shape index (κ3) is 3.28. The zero-order valence-corrected chi connectivity index (χ0v) is 14.0. The number of carbonyl (C=O) groups is 1. The van der Waals surface area contributed by atoms with Crippen LogP contribution in [0.5, 0.6) is 0 Å². The number of primary amides is 1. The van der Waals surface area contributed by atoms with Crippen molar-refractivity contribution < 1.29 is 4.79 Å². The Morgan fingerprint density at radius 1 is 1.27 bits per heavy atom. The van der Waals surface area contributed by atoms with Crippen LogP contribution in [0.4, 0.5) is 0 Å². The van der Waals surface area contributed by atoms with E-state index in [0.717, 1.165) is 4.57 Å². The molecule has 0 fully saturated rings. The molecule has 22 heavy (non-hydrogen) atoms. The first-order valence-corrected chi connectivity index (χ1v) is 7.46. The van der Waals surface area contributed by atoms with Crippen molar-refractivity contribution in [1.82, 2.24) is 14.0 Å². The van der Waals surface area contributed by atoms with Gasteiger partial charge in [-0.3, -0.25) is 18.7 Å². The van der Waals surface area contributed by atoms with E-state index in [4.69, 9.17) is 5.73 Å². The SMILES string of the molecule is CN(C)CCn1c(=O)c2ccc(Br)cc2n(CC(N)=O)c1=O. The quantitative estimate of drug-likeness (QED) is 0.802. The van der Waals surface area contributed by atoms with Crippen LogP contribution < -0.4 is 17.0 Å². The van der Waals surface area contributed by atoms with Gasteiger partial charge in [0.05, 0.1) is 10.9 Å². The van der Waals surface area contributed by atoms with E-state index in [9.17, 15) is 14.4 Å². The van der Waals surface area contributed by atoms with E-state index in [0.29, 0.717) is 21.9 Å². The molecule has 0 aliphatic heterocycles. The summed E-state index contributed by atoms with van der Waals surface area (Å²) in [5.74, 6) is -0.638. The second-order valence-electron chi connectivity index (χ2n) is 5.26. The normalized spacial score (nSPS) is 11.3. The number of nitrogens with two attached hydrogens (primary N) is 1. The van der Waals surface area contributed by atoms with E-state index in [1.54, 1.807) is 18.2 Å². The highest BCUT2D eigenvalue weighted by molar-refractivity contribution is 9.10. The Morgan fingerprint density at radius 3 is 2.55 bits per heavy atom. The summed E-state index contributed by atoms with van der Waals surface area (Å²) >= 11 is 3.30. The summed E-state index contributed by atoms with van der Waals surface area (Å²) in [4.78, 5) is 38.2. The van der Waals surface area contributed by atoms with Crippen LogP contribution >= 0.6 is 15.9 Å². The fourth-order valence-corrected chi connectivity index (χ4v) is 2.54. The molecular formula is C14H17BrN4O3. The number of hydrogen-bond acceptors (Lipinski definition) is 4. The van der Waals surface area contributed by atoms with Crippen molar-refractivity contribution in [3.63, 3.8) is 0 Å². The van der Waals surface area contributed by atoms with Crippen molar-refractivity contribution in [3.05, 3.63) is 43.5 Å². The molecule has 0 saturated carbocycles. The number of benzene rings is 1. The highest BCUT2D eigenvalue weighted by Crippen LogP contribution is 2.16. The Balaban J connectivity index is 2.76. The Hall–Kier alpha value is -1.93. The molecule has 1 heterocycles. The molecule has 1 amide bonds. The average molecular weight is 369 g/mol. The van der Waals surface area contributed by atoms with Gasteiger partial charge in [0.25, 0.3) is 5.56 Å². The van der Waals surface area contributed by atoms with Gasteiger partial charge in [-0.25, -0.2) is 4.79 Å². The number of amides is 1. The lowest BCUT2D eigenvalue weighted by molar-refractivity contribution is -0.118. The van der Waals surface area contributed by atoms with Crippen LogP contribution in [0.2, 0.25) is 0 Å². The Morgan fingerprint density at radius 2 is 1.95 bits per heavy atom. The first kappa shape index (κ1) is 16.4. The van der Waals surface area contributed by atoms with Crippen LogP contribution in [-0.4, -0.2) is 40.6 Å². The Kier molecular flexibility index (Phi) is 4.82. The van der Waals surface area contributed by atoms with E-state index in [1.807, 2.05) is 19.0 Å². The molecule has 1 aromatic heterocycles. The maximum atomic E-state index is 12.5. The molecule has 0 radical (unpaired) electrons. The summed E-state index contributed by atoms with van der Waals surface area (Å²) in [6, 6.07) is 4.99. The van der Waals surface area contributed by atoms with Gasteiger partial charge in [-0.05, 0) is 32.3 Å². The van der Waals surface area contributed by atoms with Gasteiger partial charge in [0.1, 0.15) is 6.54 Å². The lowest BCUT2D eigenvalue weighted by Crippen LogP contribution is -2.43. The summed E-state index contributed by atoms with van der Waals surface area (Å²) in [5, 5.41) is 0.378. The minimum atomic E-state index is -0.638. The number of hydrogen-bond donors (Lipinski definition) is 1. The first-order valence-electron chi connectivity index (χ1n) is 6.67. The summed E-state index contributed by atoms with van der Waals surface area (Å²) in [7, 11) is 3.70. The molecule has 2 aromatic rings. The summed E-state index contributed by atoms with van der Waals surface area (Å²) < 4.78 is 3.08. The zero-order valence-electron chi connectivity index (χ0n) is 12.4. The fraction of sp³-hybridized carbons (Fsp3) is 0.357. The zero-order chi connectivity index (χ0) is 16.4. The highest BCUT2D eigenvalue weighted by Gasteiger charge is 2.14. The van der Waals surface area contributed by atoms with Crippen LogP contribution in [0.1, 0.15) is 0 Å². The van der Waals surface area contributed by atoms with Crippen molar-refractivity contribution in [2.45, 2.75) is 13.1 Å². The van der Waals surface area contributed by atoms with E-state index < -0.39 is 11.6 Å². The van der Waals surface area contributed by atoms with Crippen LogP contribution in [0.3, 0.4) is 0 Å². The van der Waals surface area contributed by atoms with Crippen LogP contribution in [0.25, 0.3) is 10.9 Å². The van der Waals surface area contributed by atoms with Crippen molar-refractivity contribution >= 4 is 32.7 Å². The second kappa shape index (κ2) is 6.45. The van der Waals surface area contributed by atoms with Gasteiger partial charge in [-0.15, -0.1) is 0 Å². The molecule has 2 N–H and O–H groups in total. The van der Waals surface area contributed by atoms with Crippen molar-refractivity contribution in [2.75, 3.05) is 20.6 Å². The van der Waals surface area contributed by atoms with Gasteiger partial charge in [0.15, 0.2) is 0 Å². The summed E-state index contributed by atoms with van der Waals surface area (Å²) in [5.41, 5.74) is 4.72. The molecule has 118 valence electrons. The number of fused-ring (bicyclic) bond motifs is 1. The number of nitrogens with zero attached hydrogens (tertiary/aromatic N) is 3. The van der Waals surface area contributed by atoms with Gasteiger partial charge < -0.3 is 10.6 Å². The molecular weight excluding hydrogens is 352 g/mol. The van der Waals surface area contributed by atoms with Crippen LogP contribution in [-0.2, 0) is 17.9 Å². The molecule has 0 spiro atoms. The third-order valence-corrected chi connectivity index (χ3v) is 3.77. The number of carbonyl (C=O) groups excluding carboxylic acids is 1. The second-order valence-corrected chi connectivity index (χ2v) is 6.17. The van der Waals surface area contributed by atoms with Gasteiger partial charge in [0, 0.05) is 17.6 Å². The minimum Gasteiger partial charge on any atom is -0.368 e. The summed E-state index contributed by atoms with van der Waals surface area (Å²) in [6.45, 7) is 0.511. The lowest BCUT2D eigenvalue weighted by atomic mass is 10.2. The molecule has 0 atom stereocenters. The average Bonchev–Trinajstić information content (AvgIpc) is 2.42. The highest BCUT2D eigenvalue weighted by atomic mass is 79.9. The van der Waals surface area contributed by atoms with E-state index in [1.165, 1.54) is 4.57 Å². The molecule has 8 heteroatoms. The lowest BCUT2D eigenvalue weighted by Gasteiger charge is -2.15. The molecule has 2 rings (SSSR count). The maximum absolute atomic E-state index is 12.5. The first-order chi connectivity index (χ1) is 10.3. The number of halogens is 1. The van der Waals surface area contributed by atoms with Gasteiger partial charge in [-0.1, -0.05) is 15.9 Å². The van der Waals surface area contributed by atoms with Crippen LogP contribution in [0.15, 0.2) is 32.3 Å². The molecule has 0 bridgehead atoms. The van der Waals surface area contributed by atoms with E-state index in [-0.39, 0.29) is 18.6 Å². The molecule has 1 aromatic carbocycles. The van der Waals surface area contributed by atoms with Gasteiger partial charge in [-0.2, -0.15) is 0 Å². The van der Waals surface area contributed by atoms with Crippen LogP contribution in [0, 0.1) is 0 Å². The molecule has 0 aliphatic carbocycles. The van der Waals surface area contributed by atoms with Gasteiger partial charge >= 0.3 is 5.69 Å². The van der Waals surface area contributed by atoms with E-state index in [2.05, 4.69) is 15.9 Å². The molecule has 0 saturated heterocycles.